The van der Waals surface area contributed by atoms with E-state index in [0.29, 0.717) is 0 Å². The van der Waals surface area contributed by atoms with E-state index >= 15 is 0 Å². The molecule has 0 aliphatic carbocycles. The van der Waals surface area contributed by atoms with Gasteiger partial charge in [0.15, 0.2) is 0 Å². The molecule has 0 aliphatic rings. The fourth-order valence-electron chi connectivity index (χ4n) is 0.832. The van der Waals surface area contributed by atoms with Gasteiger partial charge >= 0.3 is 0 Å². The first-order valence-electron chi connectivity index (χ1n) is 3.63. The van der Waals surface area contributed by atoms with Gasteiger partial charge in [0, 0.05) is 19.3 Å². The molecule has 0 unspecified atom stereocenters. The number of anilines is 1. The van der Waals surface area contributed by atoms with Crippen LogP contribution in [0.2, 0.25) is 0 Å². The molecule has 10 heavy (non-hydrogen) atoms. The molecule has 1 rings (SSSR count). The van der Waals surface area contributed by atoms with Crippen LogP contribution in [0.25, 0.3) is 0 Å². The molecule has 0 saturated heterocycles. The van der Waals surface area contributed by atoms with Crippen molar-refractivity contribution in [3.8, 4) is 0 Å². The van der Waals surface area contributed by atoms with Crippen LogP contribution in [0.4, 0.5) is 5.69 Å². The quantitative estimate of drug-likeness (QED) is 0.684. The first-order chi connectivity index (χ1) is 4.86. The van der Waals surface area contributed by atoms with Gasteiger partial charge in [0.05, 0.1) is 11.9 Å². The van der Waals surface area contributed by atoms with Gasteiger partial charge in [0.1, 0.15) is 0 Å². The van der Waals surface area contributed by atoms with E-state index in [4.69, 9.17) is 0 Å². The van der Waals surface area contributed by atoms with Crippen LogP contribution in [-0.4, -0.2) is 16.3 Å². The van der Waals surface area contributed by atoms with Gasteiger partial charge in [-0.2, -0.15) is 5.10 Å². The van der Waals surface area contributed by atoms with Crippen molar-refractivity contribution < 1.29 is 0 Å². The van der Waals surface area contributed by atoms with Crippen molar-refractivity contribution in [2.45, 2.75) is 20.4 Å². The zero-order chi connectivity index (χ0) is 7.40. The molecule has 0 spiro atoms. The van der Waals surface area contributed by atoms with Gasteiger partial charge in [-0.15, -0.1) is 0 Å². The number of rotatable bonds is 3. The van der Waals surface area contributed by atoms with E-state index in [0.717, 1.165) is 18.8 Å². The van der Waals surface area contributed by atoms with Gasteiger partial charge in [-0.05, 0) is 13.8 Å². The van der Waals surface area contributed by atoms with E-state index in [-0.39, 0.29) is 0 Å². The van der Waals surface area contributed by atoms with Crippen LogP contribution >= 0.6 is 0 Å². The summed E-state index contributed by atoms with van der Waals surface area (Å²) in [5, 5.41) is 7.29. The Hall–Kier alpha value is -0.990. The zero-order valence-corrected chi connectivity index (χ0v) is 6.46. The lowest BCUT2D eigenvalue weighted by molar-refractivity contribution is 0.660. The molecule has 1 aromatic rings. The van der Waals surface area contributed by atoms with Crippen LogP contribution in [0.5, 0.6) is 0 Å². The van der Waals surface area contributed by atoms with E-state index < -0.39 is 0 Å². The van der Waals surface area contributed by atoms with Crippen LogP contribution in [0.3, 0.4) is 0 Å². The third-order valence-electron chi connectivity index (χ3n) is 1.34. The lowest BCUT2D eigenvalue weighted by Gasteiger charge is -1.94. The Labute approximate surface area is 61.0 Å². The standard InChI is InChI=1S/C7H13N3/c1-3-8-7-5-9-10(4-2)6-7/h5-6,8H,3-4H2,1-2H3. The molecule has 0 saturated carbocycles. The first-order valence-corrected chi connectivity index (χ1v) is 3.63. The molecule has 0 radical (unpaired) electrons. The van der Waals surface area contributed by atoms with Gasteiger partial charge in [0.25, 0.3) is 0 Å². The Balaban J connectivity index is 2.59. The van der Waals surface area contributed by atoms with Crippen LogP contribution in [-0.2, 0) is 6.54 Å². The predicted molar refractivity (Wildman–Crippen MR) is 42.1 cm³/mol. The molecule has 1 aromatic heterocycles. The maximum Gasteiger partial charge on any atom is 0.0726 e. The summed E-state index contributed by atoms with van der Waals surface area (Å²) in [6.45, 7) is 6.03. The molecule has 0 aromatic carbocycles. The lowest BCUT2D eigenvalue weighted by atomic mass is 10.5. The first kappa shape index (κ1) is 7.12. The van der Waals surface area contributed by atoms with Crippen molar-refractivity contribution >= 4 is 5.69 Å². The van der Waals surface area contributed by atoms with Crippen LogP contribution in [0, 0.1) is 0 Å². The highest BCUT2D eigenvalue weighted by molar-refractivity contribution is 5.37. The van der Waals surface area contributed by atoms with Gasteiger partial charge in [-0.1, -0.05) is 0 Å². The largest absolute Gasteiger partial charge is 0.383 e. The summed E-state index contributed by atoms with van der Waals surface area (Å²) in [7, 11) is 0. The number of aromatic nitrogens is 2. The SMILES string of the molecule is CCNc1cnn(CC)c1. The maximum absolute atomic E-state index is 4.11. The predicted octanol–water partition coefficient (Wildman–Crippen LogP) is 1.33. The van der Waals surface area contributed by atoms with E-state index in [1.807, 2.05) is 17.1 Å². The summed E-state index contributed by atoms with van der Waals surface area (Å²) in [4.78, 5) is 0. The van der Waals surface area contributed by atoms with Gasteiger partial charge in [-0.25, -0.2) is 0 Å². The van der Waals surface area contributed by atoms with Crippen LogP contribution < -0.4 is 5.32 Å². The highest BCUT2D eigenvalue weighted by Crippen LogP contribution is 2.02. The van der Waals surface area contributed by atoms with E-state index in [9.17, 15) is 0 Å². The molecule has 3 nitrogen and oxygen atoms in total. The Morgan fingerprint density at radius 2 is 2.40 bits per heavy atom. The minimum Gasteiger partial charge on any atom is -0.383 e. The zero-order valence-electron chi connectivity index (χ0n) is 6.46. The van der Waals surface area contributed by atoms with Crippen molar-refractivity contribution in [3.63, 3.8) is 0 Å². The molecule has 0 atom stereocenters. The maximum atomic E-state index is 4.11. The highest BCUT2D eigenvalue weighted by atomic mass is 15.3. The molecular formula is C7H13N3. The summed E-state index contributed by atoms with van der Waals surface area (Å²) >= 11 is 0. The second-order valence-corrected chi connectivity index (χ2v) is 2.12. The Morgan fingerprint density at radius 1 is 1.60 bits per heavy atom. The number of hydrogen-bond donors (Lipinski definition) is 1. The monoisotopic (exact) mass is 139 g/mol. The summed E-state index contributed by atoms with van der Waals surface area (Å²) in [6, 6.07) is 0. The topological polar surface area (TPSA) is 29.9 Å². The Morgan fingerprint density at radius 3 is 2.90 bits per heavy atom. The second-order valence-electron chi connectivity index (χ2n) is 2.12. The average Bonchev–Trinajstić information content (AvgIpc) is 2.37. The summed E-state index contributed by atoms with van der Waals surface area (Å²) in [5.41, 5.74) is 1.10. The average molecular weight is 139 g/mol. The summed E-state index contributed by atoms with van der Waals surface area (Å²) in [6.07, 6.45) is 3.84. The number of aryl methyl sites for hydroxylation is 1. The molecule has 0 aliphatic heterocycles. The third-order valence-corrected chi connectivity index (χ3v) is 1.34. The second kappa shape index (κ2) is 3.25. The van der Waals surface area contributed by atoms with E-state index in [1.54, 1.807) is 0 Å². The fourth-order valence-corrected chi connectivity index (χ4v) is 0.832. The lowest BCUT2D eigenvalue weighted by Crippen LogP contribution is -1.95. The van der Waals surface area contributed by atoms with Gasteiger partial charge in [-0.3, -0.25) is 4.68 Å². The van der Waals surface area contributed by atoms with E-state index in [2.05, 4.69) is 24.3 Å². The minimum absolute atomic E-state index is 0.936. The van der Waals surface area contributed by atoms with Crippen LogP contribution in [0.15, 0.2) is 12.4 Å². The van der Waals surface area contributed by atoms with Gasteiger partial charge in [0.2, 0.25) is 0 Å². The van der Waals surface area contributed by atoms with E-state index in [1.165, 1.54) is 0 Å². The molecule has 1 N–H and O–H groups in total. The fraction of sp³-hybridized carbons (Fsp3) is 0.571. The summed E-state index contributed by atoms with van der Waals surface area (Å²) < 4.78 is 1.90. The van der Waals surface area contributed by atoms with Crippen molar-refractivity contribution in [1.29, 1.82) is 0 Å². The van der Waals surface area contributed by atoms with Crippen molar-refractivity contribution in [1.82, 2.24) is 9.78 Å². The third kappa shape index (κ3) is 1.50. The normalized spacial score (nSPS) is 9.80. The Kier molecular flexibility index (Phi) is 2.31. The molecule has 1 heterocycles. The number of nitrogens with one attached hydrogen (secondary N) is 1. The molecular weight excluding hydrogens is 126 g/mol. The molecule has 0 amide bonds. The van der Waals surface area contributed by atoms with Crippen molar-refractivity contribution in [2.75, 3.05) is 11.9 Å². The number of nitrogens with zero attached hydrogens (tertiary/aromatic N) is 2. The van der Waals surface area contributed by atoms with Crippen molar-refractivity contribution in [3.05, 3.63) is 12.4 Å². The minimum atomic E-state index is 0.936. The van der Waals surface area contributed by atoms with Gasteiger partial charge < -0.3 is 5.32 Å². The summed E-state index contributed by atoms with van der Waals surface area (Å²) in [5.74, 6) is 0. The Bertz CT molecular complexity index is 192. The smallest absolute Gasteiger partial charge is 0.0726 e. The molecule has 56 valence electrons. The molecule has 3 heteroatoms. The highest BCUT2D eigenvalue weighted by Gasteiger charge is 1.91. The molecule has 0 fully saturated rings. The van der Waals surface area contributed by atoms with Crippen molar-refractivity contribution in [2.24, 2.45) is 0 Å². The molecule has 0 bridgehead atoms. The van der Waals surface area contributed by atoms with Crippen LogP contribution in [0.1, 0.15) is 13.8 Å². The number of hydrogen-bond acceptors (Lipinski definition) is 2.